The molecule has 0 saturated heterocycles. The first-order valence-electron chi connectivity index (χ1n) is 5.17. The van der Waals surface area contributed by atoms with Gasteiger partial charge >= 0.3 is 0 Å². The minimum atomic E-state index is 0.633. The summed E-state index contributed by atoms with van der Waals surface area (Å²) in [5.41, 5.74) is 0.904. The first kappa shape index (κ1) is 12.5. The number of halogens is 1. The molecule has 1 aromatic carbocycles. The Balaban J connectivity index is 1.71. The van der Waals surface area contributed by atoms with Gasteiger partial charge in [0.2, 0.25) is 0 Å². The maximum Gasteiger partial charge on any atom is 0.255 e. The lowest BCUT2D eigenvalue weighted by atomic mass is 10.3. The van der Waals surface area contributed by atoms with Crippen LogP contribution in [0.4, 0.5) is 0 Å². The Morgan fingerprint density at radius 3 is 2.76 bits per heavy atom. The van der Waals surface area contributed by atoms with Crippen LogP contribution in [0.25, 0.3) is 0 Å². The standard InChI is InChI=1S/C12H12BrNO2S/c1-9-8-16-12(14-9)17-7-6-15-11-4-2-10(13)3-5-11/h2-5,8H,6-7H2,1H3. The molecule has 5 heteroatoms. The van der Waals surface area contributed by atoms with E-state index in [1.54, 1.807) is 18.0 Å². The fourth-order valence-electron chi connectivity index (χ4n) is 1.22. The summed E-state index contributed by atoms with van der Waals surface area (Å²) in [6, 6.07) is 7.79. The predicted molar refractivity (Wildman–Crippen MR) is 71.6 cm³/mol. The van der Waals surface area contributed by atoms with Crippen LogP contribution in [0.2, 0.25) is 0 Å². The van der Waals surface area contributed by atoms with Crippen LogP contribution in [0, 0.1) is 6.92 Å². The average Bonchev–Trinajstić information content (AvgIpc) is 2.73. The molecule has 0 amide bonds. The molecule has 1 heterocycles. The zero-order valence-electron chi connectivity index (χ0n) is 9.35. The van der Waals surface area contributed by atoms with Gasteiger partial charge in [-0.2, -0.15) is 0 Å². The molecule has 0 saturated carbocycles. The third-order valence-electron chi connectivity index (χ3n) is 1.99. The molecule has 0 radical (unpaired) electrons. The van der Waals surface area contributed by atoms with E-state index in [9.17, 15) is 0 Å². The topological polar surface area (TPSA) is 35.3 Å². The highest BCUT2D eigenvalue weighted by molar-refractivity contribution is 9.10. The molecule has 0 spiro atoms. The van der Waals surface area contributed by atoms with E-state index >= 15 is 0 Å². The van der Waals surface area contributed by atoms with Gasteiger partial charge in [-0.05, 0) is 31.2 Å². The molecule has 0 N–H and O–H groups in total. The van der Waals surface area contributed by atoms with Gasteiger partial charge in [-0.25, -0.2) is 4.98 Å². The minimum absolute atomic E-state index is 0.633. The normalized spacial score (nSPS) is 10.5. The van der Waals surface area contributed by atoms with Crippen molar-refractivity contribution in [2.45, 2.75) is 12.1 Å². The number of aromatic nitrogens is 1. The molecule has 0 aliphatic rings. The summed E-state index contributed by atoms with van der Waals surface area (Å²) >= 11 is 4.93. The highest BCUT2D eigenvalue weighted by Gasteiger charge is 2.01. The van der Waals surface area contributed by atoms with E-state index in [1.807, 2.05) is 31.2 Å². The maximum atomic E-state index is 5.58. The van der Waals surface area contributed by atoms with E-state index in [-0.39, 0.29) is 0 Å². The molecule has 0 bridgehead atoms. The van der Waals surface area contributed by atoms with Crippen molar-refractivity contribution in [1.82, 2.24) is 4.98 Å². The predicted octanol–water partition coefficient (Wildman–Crippen LogP) is 3.92. The van der Waals surface area contributed by atoms with Crippen LogP contribution < -0.4 is 4.74 Å². The van der Waals surface area contributed by atoms with Crippen LogP contribution in [0.5, 0.6) is 5.75 Å². The van der Waals surface area contributed by atoms with Gasteiger partial charge in [0.1, 0.15) is 12.0 Å². The minimum Gasteiger partial charge on any atom is -0.493 e. The van der Waals surface area contributed by atoms with Crippen molar-refractivity contribution in [1.29, 1.82) is 0 Å². The van der Waals surface area contributed by atoms with E-state index in [0.29, 0.717) is 11.8 Å². The third-order valence-corrected chi connectivity index (χ3v) is 3.32. The van der Waals surface area contributed by atoms with Gasteiger partial charge in [-0.1, -0.05) is 27.7 Å². The molecule has 3 nitrogen and oxygen atoms in total. The Bertz CT molecular complexity index is 470. The summed E-state index contributed by atoms with van der Waals surface area (Å²) in [5, 5.41) is 0.696. The second-order valence-electron chi connectivity index (χ2n) is 3.41. The SMILES string of the molecule is Cc1coc(SCCOc2ccc(Br)cc2)n1. The molecular formula is C12H12BrNO2S. The lowest BCUT2D eigenvalue weighted by molar-refractivity contribution is 0.343. The number of thioether (sulfide) groups is 1. The third kappa shape index (κ3) is 4.09. The summed E-state index contributed by atoms with van der Waals surface area (Å²) in [5.74, 6) is 1.69. The van der Waals surface area contributed by atoms with Crippen molar-refractivity contribution < 1.29 is 9.15 Å². The van der Waals surface area contributed by atoms with Crippen molar-refractivity contribution in [3.63, 3.8) is 0 Å². The van der Waals surface area contributed by atoms with Crippen LogP contribution in [0.3, 0.4) is 0 Å². The van der Waals surface area contributed by atoms with Crippen LogP contribution in [-0.2, 0) is 0 Å². The van der Waals surface area contributed by atoms with Crippen molar-refractivity contribution >= 4 is 27.7 Å². The second-order valence-corrected chi connectivity index (χ2v) is 5.37. The summed E-state index contributed by atoms with van der Waals surface area (Å²) in [6.45, 7) is 2.54. The van der Waals surface area contributed by atoms with Crippen LogP contribution in [-0.4, -0.2) is 17.3 Å². The Labute approximate surface area is 113 Å². The Hall–Kier alpha value is -0.940. The fraction of sp³-hybridized carbons (Fsp3) is 0.250. The zero-order chi connectivity index (χ0) is 12.1. The molecule has 17 heavy (non-hydrogen) atoms. The summed E-state index contributed by atoms with van der Waals surface area (Å²) in [4.78, 5) is 4.20. The molecule has 0 aliphatic heterocycles. The molecular weight excluding hydrogens is 302 g/mol. The van der Waals surface area contributed by atoms with E-state index in [1.165, 1.54) is 0 Å². The highest BCUT2D eigenvalue weighted by atomic mass is 79.9. The molecule has 0 atom stereocenters. The zero-order valence-corrected chi connectivity index (χ0v) is 11.8. The van der Waals surface area contributed by atoms with Gasteiger partial charge in [0, 0.05) is 10.2 Å². The van der Waals surface area contributed by atoms with Gasteiger partial charge < -0.3 is 9.15 Å². The monoisotopic (exact) mass is 313 g/mol. The van der Waals surface area contributed by atoms with Crippen LogP contribution in [0.1, 0.15) is 5.69 Å². The molecule has 0 fully saturated rings. The first-order chi connectivity index (χ1) is 8.24. The first-order valence-corrected chi connectivity index (χ1v) is 6.95. The molecule has 2 rings (SSSR count). The average molecular weight is 314 g/mol. The van der Waals surface area contributed by atoms with Crippen molar-refractivity contribution in [2.75, 3.05) is 12.4 Å². The molecule has 2 aromatic rings. The lowest BCUT2D eigenvalue weighted by Crippen LogP contribution is -1.99. The van der Waals surface area contributed by atoms with E-state index in [2.05, 4.69) is 20.9 Å². The van der Waals surface area contributed by atoms with Crippen molar-refractivity contribution in [2.24, 2.45) is 0 Å². The number of nitrogens with zero attached hydrogens (tertiary/aromatic N) is 1. The molecule has 0 unspecified atom stereocenters. The van der Waals surface area contributed by atoms with Gasteiger partial charge in [-0.3, -0.25) is 0 Å². The Kier molecular flexibility index (Phi) is 4.50. The Morgan fingerprint density at radius 2 is 2.12 bits per heavy atom. The van der Waals surface area contributed by atoms with Crippen LogP contribution >= 0.6 is 27.7 Å². The summed E-state index contributed by atoms with van der Waals surface area (Å²) in [7, 11) is 0. The van der Waals surface area contributed by atoms with E-state index in [4.69, 9.17) is 9.15 Å². The number of aryl methyl sites for hydroxylation is 1. The largest absolute Gasteiger partial charge is 0.493 e. The van der Waals surface area contributed by atoms with Crippen molar-refractivity contribution in [3.05, 3.63) is 40.7 Å². The maximum absolute atomic E-state index is 5.58. The fourth-order valence-corrected chi connectivity index (χ4v) is 2.15. The van der Waals surface area contributed by atoms with Crippen LogP contribution in [0.15, 0.2) is 44.6 Å². The van der Waals surface area contributed by atoms with E-state index < -0.39 is 0 Å². The highest BCUT2D eigenvalue weighted by Crippen LogP contribution is 2.18. The number of benzene rings is 1. The summed E-state index contributed by atoms with van der Waals surface area (Å²) in [6.07, 6.45) is 1.65. The van der Waals surface area contributed by atoms with Crippen molar-refractivity contribution in [3.8, 4) is 5.75 Å². The Morgan fingerprint density at radius 1 is 1.35 bits per heavy atom. The molecule has 90 valence electrons. The number of rotatable bonds is 5. The second kappa shape index (κ2) is 6.12. The number of hydrogen-bond acceptors (Lipinski definition) is 4. The quantitative estimate of drug-likeness (QED) is 0.619. The number of ether oxygens (including phenoxy) is 1. The molecule has 1 aromatic heterocycles. The molecule has 0 aliphatic carbocycles. The number of oxazole rings is 1. The van der Waals surface area contributed by atoms with Gasteiger partial charge in [0.25, 0.3) is 5.22 Å². The smallest absolute Gasteiger partial charge is 0.255 e. The van der Waals surface area contributed by atoms with Gasteiger partial charge in [-0.15, -0.1) is 0 Å². The lowest BCUT2D eigenvalue weighted by Gasteiger charge is -2.04. The van der Waals surface area contributed by atoms with Gasteiger partial charge in [0.15, 0.2) is 0 Å². The number of hydrogen-bond donors (Lipinski definition) is 0. The van der Waals surface area contributed by atoms with Gasteiger partial charge in [0.05, 0.1) is 12.3 Å². The summed E-state index contributed by atoms with van der Waals surface area (Å²) < 4.78 is 11.9. The van der Waals surface area contributed by atoms with E-state index in [0.717, 1.165) is 21.7 Å².